The Balaban J connectivity index is 2.84. The van der Waals surface area contributed by atoms with Gasteiger partial charge in [0.2, 0.25) is 0 Å². The van der Waals surface area contributed by atoms with Crippen LogP contribution in [0.1, 0.15) is 6.92 Å². The Morgan fingerprint density at radius 3 is 3.11 bits per heavy atom. The second kappa shape index (κ2) is 2.39. The summed E-state index contributed by atoms with van der Waals surface area (Å²) >= 11 is 0. The highest BCUT2D eigenvalue weighted by atomic mass is 19.2. The molecule has 0 aromatic rings. The minimum absolute atomic E-state index is 0.248. The summed E-state index contributed by atoms with van der Waals surface area (Å²) < 4.78 is 11.6. The maximum atomic E-state index is 11.6. The zero-order valence-corrected chi connectivity index (χ0v) is 4.93. The van der Waals surface area contributed by atoms with Crippen LogP contribution in [0.4, 0.5) is 4.48 Å². The van der Waals surface area contributed by atoms with Crippen LogP contribution in [0.3, 0.4) is 0 Å². The molecule has 0 radical (unpaired) electrons. The Bertz CT molecular complexity index is 192. The number of nitrogens with zero attached hydrogens (tertiary/aromatic N) is 2. The van der Waals surface area contributed by atoms with Gasteiger partial charge < -0.3 is 0 Å². The van der Waals surface area contributed by atoms with Crippen LogP contribution in [0.15, 0.2) is 22.1 Å². The van der Waals surface area contributed by atoms with Crippen molar-refractivity contribution in [1.82, 2.24) is 5.43 Å². The van der Waals surface area contributed by atoms with Crippen molar-refractivity contribution in [2.24, 2.45) is 10.3 Å². The maximum Gasteiger partial charge on any atom is 0.141 e. The van der Waals surface area contributed by atoms with Gasteiger partial charge in [-0.05, 0) is 6.92 Å². The van der Waals surface area contributed by atoms with Gasteiger partial charge in [0.25, 0.3) is 0 Å². The molecule has 0 fully saturated rings. The molecule has 0 spiro atoms. The van der Waals surface area contributed by atoms with Crippen molar-refractivity contribution in [2.75, 3.05) is 0 Å². The van der Waals surface area contributed by atoms with Gasteiger partial charge in [0.1, 0.15) is 5.71 Å². The molecule has 0 amide bonds. The smallest absolute Gasteiger partial charge is 0.141 e. The average molecular weight is 127 g/mol. The van der Waals surface area contributed by atoms with Crippen LogP contribution in [-0.2, 0) is 0 Å². The van der Waals surface area contributed by atoms with Crippen LogP contribution in [0.5, 0.6) is 0 Å². The number of nitrogens with one attached hydrogen (secondary N) is 1. The predicted molar refractivity (Wildman–Crippen MR) is 33.9 cm³/mol. The van der Waals surface area contributed by atoms with E-state index in [1.807, 2.05) is 0 Å². The lowest BCUT2D eigenvalue weighted by Gasteiger charge is -1.91. The van der Waals surface area contributed by atoms with Gasteiger partial charge in [-0.15, -0.1) is 0 Å². The third kappa shape index (κ3) is 0.960. The van der Waals surface area contributed by atoms with Crippen molar-refractivity contribution in [3.05, 3.63) is 11.8 Å². The van der Waals surface area contributed by atoms with Crippen molar-refractivity contribution in [1.29, 1.82) is 0 Å². The van der Waals surface area contributed by atoms with Crippen molar-refractivity contribution in [3.63, 3.8) is 0 Å². The third-order valence-corrected chi connectivity index (χ3v) is 1.03. The normalized spacial score (nSPS) is 25.6. The molecular weight excluding hydrogens is 121 g/mol. The number of hydrogen-bond acceptors (Lipinski definition) is 3. The summed E-state index contributed by atoms with van der Waals surface area (Å²) in [6.45, 7) is 1.78. The molecule has 0 saturated heterocycles. The quantitative estimate of drug-likeness (QED) is 0.513. The largest absolute Gasteiger partial charge is 0.276 e. The highest BCUT2D eigenvalue weighted by molar-refractivity contribution is 6.39. The number of allylic oxidation sites excluding steroid dienone is 2. The highest BCUT2D eigenvalue weighted by Gasteiger charge is 2.07. The number of hydrogen-bond donors (Lipinski definition) is 1. The monoisotopic (exact) mass is 127 g/mol. The molecule has 3 nitrogen and oxygen atoms in total. The fourth-order valence-corrected chi connectivity index (χ4v) is 0.570. The van der Waals surface area contributed by atoms with Gasteiger partial charge in [0.15, 0.2) is 0 Å². The SMILES string of the molecule is C/C=C1/NN=CC1=NF. The lowest BCUT2D eigenvalue weighted by molar-refractivity contribution is 0.539. The summed E-state index contributed by atoms with van der Waals surface area (Å²) in [6, 6.07) is 0. The first-order valence-corrected chi connectivity index (χ1v) is 2.53. The van der Waals surface area contributed by atoms with Crippen LogP contribution in [0.2, 0.25) is 0 Å². The Morgan fingerprint density at radius 2 is 2.67 bits per heavy atom. The van der Waals surface area contributed by atoms with E-state index in [9.17, 15) is 4.48 Å². The molecule has 0 aliphatic carbocycles. The van der Waals surface area contributed by atoms with Gasteiger partial charge in [-0.1, -0.05) is 15.8 Å². The van der Waals surface area contributed by atoms with Crippen molar-refractivity contribution in [2.45, 2.75) is 6.92 Å². The van der Waals surface area contributed by atoms with E-state index in [2.05, 4.69) is 15.7 Å². The zero-order chi connectivity index (χ0) is 6.69. The van der Waals surface area contributed by atoms with Crippen LogP contribution < -0.4 is 5.43 Å². The predicted octanol–water partition coefficient (Wildman–Crippen LogP) is 0.805. The molecule has 0 aromatic heterocycles. The lowest BCUT2D eigenvalue weighted by Crippen LogP contribution is -2.05. The van der Waals surface area contributed by atoms with Crippen molar-refractivity contribution in [3.8, 4) is 0 Å². The second-order valence-corrected chi connectivity index (χ2v) is 1.54. The highest BCUT2D eigenvalue weighted by Crippen LogP contribution is 1.98. The molecule has 1 N–H and O–H groups in total. The van der Waals surface area contributed by atoms with Gasteiger partial charge in [-0.25, -0.2) is 0 Å². The summed E-state index contributed by atoms with van der Waals surface area (Å²) in [5.74, 6) is 0. The van der Waals surface area contributed by atoms with E-state index in [4.69, 9.17) is 0 Å². The molecule has 1 rings (SSSR count). The van der Waals surface area contributed by atoms with E-state index >= 15 is 0 Å². The zero-order valence-electron chi connectivity index (χ0n) is 4.93. The van der Waals surface area contributed by atoms with Gasteiger partial charge in [0.05, 0.1) is 11.9 Å². The van der Waals surface area contributed by atoms with Crippen molar-refractivity contribution >= 4 is 11.9 Å². The van der Waals surface area contributed by atoms with E-state index in [1.165, 1.54) is 6.21 Å². The fraction of sp³-hybridized carbons (Fsp3) is 0.200. The first-order chi connectivity index (χ1) is 4.38. The molecule has 4 heteroatoms. The molecule has 0 atom stereocenters. The van der Waals surface area contributed by atoms with Crippen LogP contribution in [0.25, 0.3) is 0 Å². The number of rotatable bonds is 0. The van der Waals surface area contributed by atoms with E-state index in [0.717, 1.165) is 0 Å². The van der Waals surface area contributed by atoms with Crippen LogP contribution in [0, 0.1) is 0 Å². The van der Waals surface area contributed by atoms with Gasteiger partial charge >= 0.3 is 0 Å². The Hall–Kier alpha value is -1.19. The lowest BCUT2D eigenvalue weighted by atomic mass is 10.3. The summed E-state index contributed by atoms with van der Waals surface area (Å²) in [7, 11) is 0. The Morgan fingerprint density at radius 1 is 1.89 bits per heavy atom. The molecule has 0 unspecified atom stereocenters. The summed E-state index contributed by atoms with van der Waals surface area (Å²) in [6.07, 6.45) is 3.03. The standard InChI is InChI=1S/C5H6FN3/c1-2-4-5(8-6)3-7-9-4/h2-3,9H,1H3/b4-2+,8-5?. The molecule has 1 aliphatic heterocycles. The molecular formula is C5H6FN3. The Labute approximate surface area is 51.9 Å². The van der Waals surface area contributed by atoms with Gasteiger partial charge in [0, 0.05) is 0 Å². The van der Waals surface area contributed by atoms with Gasteiger partial charge in [-0.3, -0.25) is 5.43 Å². The summed E-state index contributed by atoms with van der Waals surface area (Å²) in [5, 5.41) is 6.05. The first-order valence-electron chi connectivity index (χ1n) is 2.53. The van der Waals surface area contributed by atoms with E-state index < -0.39 is 0 Å². The van der Waals surface area contributed by atoms with Crippen LogP contribution >= 0.6 is 0 Å². The van der Waals surface area contributed by atoms with Crippen LogP contribution in [-0.4, -0.2) is 11.9 Å². The molecule has 1 aliphatic rings. The minimum Gasteiger partial charge on any atom is -0.276 e. The average Bonchev–Trinajstić information content (AvgIpc) is 2.33. The van der Waals surface area contributed by atoms with Crippen molar-refractivity contribution < 1.29 is 4.48 Å². The van der Waals surface area contributed by atoms with Gasteiger partial charge in [-0.2, -0.15) is 5.10 Å². The number of hydrazone groups is 1. The first kappa shape index (κ1) is 5.94. The third-order valence-electron chi connectivity index (χ3n) is 1.03. The molecule has 0 saturated carbocycles. The molecule has 48 valence electrons. The summed E-state index contributed by atoms with van der Waals surface area (Å²) in [5.41, 5.74) is 3.42. The molecule has 0 aromatic carbocycles. The molecule has 1 heterocycles. The van der Waals surface area contributed by atoms with E-state index in [1.54, 1.807) is 13.0 Å². The number of halogens is 1. The van der Waals surface area contributed by atoms with E-state index in [0.29, 0.717) is 5.70 Å². The Kier molecular flexibility index (Phi) is 1.58. The minimum atomic E-state index is 0.248. The fourth-order valence-electron chi connectivity index (χ4n) is 0.570. The maximum absolute atomic E-state index is 11.6. The summed E-state index contributed by atoms with van der Waals surface area (Å²) in [4.78, 5) is 0. The molecule has 9 heavy (non-hydrogen) atoms. The second-order valence-electron chi connectivity index (χ2n) is 1.54. The molecule has 0 bridgehead atoms. The van der Waals surface area contributed by atoms with E-state index in [-0.39, 0.29) is 5.71 Å². The topological polar surface area (TPSA) is 36.8 Å².